The highest BCUT2D eigenvalue weighted by Crippen LogP contribution is 2.22. The van der Waals surface area contributed by atoms with Crippen molar-refractivity contribution in [3.8, 4) is 0 Å². The van der Waals surface area contributed by atoms with Crippen LogP contribution in [0.25, 0.3) is 0 Å². The van der Waals surface area contributed by atoms with Crippen LogP contribution in [0.15, 0.2) is 36.4 Å². The molecule has 2 rings (SSSR count). The van der Waals surface area contributed by atoms with Crippen LogP contribution in [0.2, 0.25) is 5.02 Å². The summed E-state index contributed by atoms with van der Waals surface area (Å²) in [5.41, 5.74) is 5.24. The fraction of sp³-hybridized carbons (Fsp3) is 0.381. The Hall–Kier alpha value is -1.89. The first kappa shape index (κ1) is 22.4. The van der Waals surface area contributed by atoms with Crippen LogP contribution < -0.4 is 5.32 Å². The predicted octanol–water partition coefficient (Wildman–Crippen LogP) is 3.90. The van der Waals surface area contributed by atoms with Crippen molar-refractivity contribution in [1.29, 1.82) is 0 Å². The number of halogens is 1. The molecular weight excluding hydrogens is 396 g/mol. The molecule has 1 amide bonds. The summed E-state index contributed by atoms with van der Waals surface area (Å²) in [4.78, 5) is 12.6. The molecule has 28 heavy (non-hydrogen) atoms. The van der Waals surface area contributed by atoms with Crippen molar-refractivity contribution in [3.05, 3.63) is 69.2 Å². The molecule has 1 N–H and O–H groups in total. The van der Waals surface area contributed by atoms with Crippen LogP contribution in [0.1, 0.15) is 40.8 Å². The van der Waals surface area contributed by atoms with E-state index < -0.39 is 10.0 Å². The molecule has 0 aliphatic rings. The van der Waals surface area contributed by atoms with Crippen molar-refractivity contribution >= 4 is 27.5 Å². The first-order chi connectivity index (χ1) is 13.0. The number of sulfonamides is 1. The molecule has 1 atom stereocenters. The first-order valence-electron chi connectivity index (χ1n) is 9.04. The smallest absolute Gasteiger partial charge is 0.235 e. The molecule has 0 spiro atoms. The molecule has 0 saturated heterocycles. The molecule has 0 fully saturated rings. The number of aryl methyl sites for hydroxylation is 3. The van der Waals surface area contributed by atoms with Gasteiger partial charge in [-0.05, 0) is 67.6 Å². The van der Waals surface area contributed by atoms with Gasteiger partial charge in [-0.1, -0.05) is 35.9 Å². The minimum atomic E-state index is -3.55. The first-order valence-corrected chi connectivity index (χ1v) is 11.3. The molecule has 2 aromatic rings. The average molecular weight is 423 g/mol. The summed E-state index contributed by atoms with van der Waals surface area (Å²) in [5.74, 6) is -0.343. The summed E-state index contributed by atoms with van der Waals surface area (Å²) in [6, 6.07) is 10.8. The standard InChI is InChI=1S/C21H27ClN2O3S/c1-14-10-16(3)20(11-15(14)2)17(4)23-21(25)13-24(28(5,26)27)12-18-6-8-19(22)9-7-18/h6-11,17H,12-13H2,1-5H3,(H,23,25)/t17-/m1/s1. The number of nitrogens with one attached hydrogen (secondary N) is 1. The van der Waals surface area contributed by atoms with Crippen LogP contribution in [0.5, 0.6) is 0 Å². The van der Waals surface area contributed by atoms with Gasteiger partial charge in [0.15, 0.2) is 0 Å². The summed E-state index contributed by atoms with van der Waals surface area (Å²) >= 11 is 5.88. The van der Waals surface area contributed by atoms with Gasteiger partial charge in [0.25, 0.3) is 0 Å². The molecule has 0 aromatic heterocycles. The van der Waals surface area contributed by atoms with E-state index >= 15 is 0 Å². The molecule has 0 saturated carbocycles. The highest BCUT2D eigenvalue weighted by molar-refractivity contribution is 7.88. The van der Waals surface area contributed by atoms with E-state index in [1.165, 1.54) is 5.56 Å². The van der Waals surface area contributed by atoms with Crippen LogP contribution in [0, 0.1) is 20.8 Å². The van der Waals surface area contributed by atoms with Gasteiger partial charge in [-0.3, -0.25) is 4.79 Å². The maximum absolute atomic E-state index is 12.6. The SMILES string of the molecule is Cc1cc(C)c([C@@H](C)NC(=O)CN(Cc2ccc(Cl)cc2)S(C)(=O)=O)cc1C. The molecule has 7 heteroatoms. The number of nitrogens with zero attached hydrogens (tertiary/aromatic N) is 1. The Morgan fingerprint density at radius 3 is 2.21 bits per heavy atom. The molecule has 0 bridgehead atoms. The normalized spacial score (nSPS) is 12.8. The quantitative estimate of drug-likeness (QED) is 0.735. The van der Waals surface area contributed by atoms with Gasteiger partial charge in [-0.25, -0.2) is 8.42 Å². The topological polar surface area (TPSA) is 66.5 Å². The predicted molar refractivity (Wildman–Crippen MR) is 114 cm³/mol. The number of benzene rings is 2. The molecular formula is C21H27ClN2O3S. The number of carbonyl (C=O) groups is 1. The summed E-state index contributed by atoms with van der Waals surface area (Å²) in [7, 11) is -3.55. The summed E-state index contributed by atoms with van der Waals surface area (Å²) in [5, 5.41) is 3.49. The number of rotatable bonds is 7. The number of hydrogen-bond acceptors (Lipinski definition) is 3. The Morgan fingerprint density at radius 2 is 1.64 bits per heavy atom. The summed E-state index contributed by atoms with van der Waals surface area (Å²) in [6.07, 6.45) is 1.10. The minimum Gasteiger partial charge on any atom is -0.348 e. The molecule has 5 nitrogen and oxygen atoms in total. The van der Waals surface area contributed by atoms with Gasteiger partial charge in [-0.2, -0.15) is 4.31 Å². The van der Waals surface area contributed by atoms with Crippen LogP contribution in [0.4, 0.5) is 0 Å². The Balaban J connectivity index is 2.11. The van der Waals surface area contributed by atoms with E-state index in [1.54, 1.807) is 24.3 Å². The van der Waals surface area contributed by atoms with Gasteiger partial charge in [0.1, 0.15) is 0 Å². The zero-order chi connectivity index (χ0) is 21.1. The second kappa shape index (κ2) is 9.07. The fourth-order valence-electron chi connectivity index (χ4n) is 3.06. The monoisotopic (exact) mass is 422 g/mol. The van der Waals surface area contributed by atoms with Gasteiger partial charge in [0.2, 0.25) is 15.9 Å². The van der Waals surface area contributed by atoms with Gasteiger partial charge in [-0.15, -0.1) is 0 Å². The van der Waals surface area contributed by atoms with Crippen molar-refractivity contribution in [2.24, 2.45) is 0 Å². The number of amides is 1. The average Bonchev–Trinajstić information content (AvgIpc) is 2.58. The van der Waals surface area contributed by atoms with Crippen molar-refractivity contribution in [2.45, 2.75) is 40.3 Å². The maximum atomic E-state index is 12.6. The van der Waals surface area contributed by atoms with E-state index in [0.29, 0.717) is 5.02 Å². The van der Waals surface area contributed by atoms with Crippen LogP contribution in [-0.4, -0.2) is 31.4 Å². The summed E-state index contributed by atoms with van der Waals surface area (Å²) < 4.78 is 25.5. The third-order valence-electron chi connectivity index (χ3n) is 4.79. The van der Waals surface area contributed by atoms with Crippen molar-refractivity contribution in [3.63, 3.8) is 0 Å². The number of carbonyl (C=O) groups excluding carboxylic acids is 1. The van der Waals surface area contributed by atoms with Crippen LogP contribution >= 0.6 is 11.6 Å². The van der Waals surface area contributed by atoms with E-state index in [0.717, 1.165) is 32.8 Å². The van der Waals surface area contributed by atoms with Crippen LogP contribution in [-0.2, 0) is 21.4 Å². The van der Waals surface area contributed by atoms with E-state index in [2.05, 4.69) is 24.4 Å². The van der Waals surface area contributed by atoms with E-state index in [-0.39, 0.29) is 25.0 Å². The molecule has 0 radical (unpaired) electrons. The Labute approximate surface area is 172 Å². The largest absolute Gasteiger partial charge is 0.348 e. The third-order valence-corrected chi connectivity index (χ3v) is 6.24. The maximum Gasteiger partial charge on any atom is 0.235 e. The zero-order valence-electron chi connectivity index (χ0n) is 16.9. The second-order valence-electron chi connectivity index (χ2n) is 7.24. The Morgan fingerprint density at radius 1 is 1.07 bits per heavy atom. The molecule has 152 valence electrons. The van der Waals surface area contributed by atoms with Crippen molar-refractivity contribution < 1.29 is 13.2 Å². The molecule has 0 aliphatic carbocycles. The zero-order valence-corrected chi connectivity index (χ0v) is 18.5. The fourth-order valence-corrected chi connectivity index (χ4v) is 3.92. The minimum absolute atomic E-state index is 0.112. The van der Waals surface area contributed by atoms with Gasteiger partial charge < -0.3 is 5.32 Å². The number of hydrogen-bond donors (Lipinski definition) is 1. The third kappa shape index (κ3) is 6.06. The van der Waals surface area contributed by atoms with Gasteiger partial charge in [0, 0.05) is 11.6 Å². The summed E-state index contributed by atoms with van der Waals surface area (Å²) in [6.45, 7) is 7.86. The molecule has 2 aromatic carbocycles. The Bertz CT molecular complexity index is 956. The van der Waals surface area contributed by atoms with Crippen molar-refractivity contribution in [2.75, 3.05) is 12.8 Å². The lowest BCUT2D eigenvalue weighted by atomic mass is 9.96. The lowest BCUT2D eigenvalue weighted by molar-refractivity contribution is -0.122. The van der Waals surface area contributed by atoms with E-state index in [9.17, 15) is 13.2 Å². The highest BCUT2D eigenvalue weighted by Gasteiger charge is 2.22. The van der Waals surface area contributed by atoms with E-state index in [1.807, 2.05) is 20.8 Å². The molecule has 0 heterocycles. The van der Waals surface area contributed by atoms with Crippen LogP contribution in [0.3, 0.4) is 0 Å². The lowest BCUT2D eigenvalue weighted by Gasteiger charge is -2.22. The second-order valence-corrected chi connectivity index (χ2v) is 9.66. The highest BCUT2D eigenvalue weighted by atomic mass is 35.5. The van der Waals surface area contributed by atoms with Gasteiger partial charge >= 0.3 is 0 Å². The Kier molecular flexibility index (Phi) is 7.26. The molecule has 0 aliphatic heterocycles. The van der Waals surface area contributed by atoms with E-state index in [4.69, 9.17) is 11.6 Å². The lowest BCUT2D eigenvalue weighted by Crippen LogP contribution is -2.40. The molecule has 0 unspecified atom stereocenters. The van der Waals surface area contributed by atoms with Crippen molar-refractivity contribution in [1.82, 2.24) is 9.62 Å². The van der Waals surface area contributed by atoms with Gasteiger partial charge in [0.05, 0.1) is 18.8 Å².